The van der Waals surface area contributed by atoms with Crippen molar-refractivity contribution in [3.05, 3.63) is 54.0 Å². The second-order valence-corrected chi connectivity index (χ2v) is 6.74. The maximum absolute atomic E-state index is 12.4. The number of hydrogen-bond acceptors (Lipinski definition) is 4. The SMILES string of the molecule is Cc1cccc(NC(=O)CNC(=O)CN(Cc2ccco2)C(=O)C2CC2)c1. The number of benzene rings is 1. The van der Waals surface area contributed by atoms with Crippen molar-refractivity contribution >= 4 is 23.4 Å². The monoisotopic (exact) mass is 369 g/mol. The number of rotatable bonds is 8. The Balaban J connectivity index is 1.49. The molecule has 1 aromatic heterocycles. The summed E-state index contributed by atoms with van der Waals surface area (Å²) in [7, 11) is 0. The number of carbonyl (C=O) groups excluding carboxylic acids is 3. The predicted molar refractivity (Wildman–Crippen MR) is 99.7 cm³/mol. The highest BCUT2D eigenvalue weighted by Gasteiger charge is 2.34. The molecule has 1 saturated carbocycles. The molecule has 1 fully saturated rings. The zero-order valence-electron chi connectivity index (χ0n) is 15.2. The van der Waals surface area contributed by atoms with Crippen molar-refractivity contribution in [2.45, 2.75) is 26.3 Å². The third-order valence-corrected chi connectivity index (χ3v) is 4.25. The first-order valence-electron chi connectivity index (χ1n) is 8.95. The molecule has 0 unspecified atom stereocenters. The molecule has 2 N–H and O–H groups in total. The van der Waals surface area contributed by atoms with Gasteiger partial charge in [0.05, 0.1) is 19.4 Å². The number of nitrogens with zero attached hydrogens (tertiary/aromatic N) is 1. The van der Waals surface area contributed by atoms with Crippen LogP contribution in [-0.2, 0) is 20.9 Å². The average molecular weight is 369 g/mol. The van der Waals surface area contributed by atoms with Gasteiger partial charge in [0, 0.05) is 11.6 Å². The summed E-state index contributed by atoms with van der Waals surface area (Å²) in [6, 6.07) is 10.9. The molecule has 3 rings (SSSR count). The Morgan fingerprint density at radius 1 is 1.15 bits per heavy atom. The van der Waals surface area contributed by atoms with Gasteiger partial charge < -0.3 is 20.0 Å². The van der Waals surface area contributed by atoms with E-state index in [9.17, 15) is 14.4 Å². The lowest BCUT2D eigenvalue weighted by atomic mass is 10.2. The number of carbonyl (C=O) groups is 3. The second-order valence-electron chi connectivity index (χ2n) is 6.74. The van der Waals surface area contributed by atoms with Gasteiger partial charge in [0.1, 0.15) is 12.3 Å². The fourth-order valence-electron chi connectivity index (χ4n) is 2.73. The van der Waals surface area contributed by atoms with Crippen molar-refractivity contribution in [2.75, 3.05) is 18.4 Å². The Hall–Kier alpha value is -3.09. The molecule has 0 radical (unpaired) electrons. The Bertz CT molecular complexity index is 812. The minimum Gasteiger partial charge on any atom is -0.467 e. The smallest absolute Gasteiger partial charge is 0.243 e. The second kappa shape index (κ2) is 8.53. The van der Waals surface area contributed by atoms with Crippen LogP contribution in [0.2, 0.25) is 0 Å². The summed E-state index contributed by atoms with van der Waals surface area (Å²) in [6.07, 6.45) is 3.24. The summed E-state index contributed by atoms with van der Waals surface area (Å²) >= 11 is 0. The topological polar surface area (TPSA) is 91.7 Å². The van der Waals surface area contributed by atoms with Gasteiger partial charge >= 0.3 is 0 Å². The molecular weight excluding hydrogens is 346 g/mol. The Labute approximate surface area is 157 Å². The molecule has 7 nitrogen and oxygen atoms in total. The first kappa shape index (κ1) is 18.7. The lowest BCUT2D eigenvalue weighted by Crippen LogP contribution is -2.43. The van der Waals surface area contributed by atoms with Crippen molar-refractivity contribution in [1.82, 2.24) is 10.2 Å². The van der Waals surface area contributed by atoms with Crippen LogP contribution < -0.4 is 10.6 Å². The number of amides is 3. The molecule has 1 aromatic carbocycles. The van der Waals surface area contributed by atoms with Crippen LogP contribution in [0.15, 0.2) is 47.1 Å². The first-order chi connectivity index (χ1) is 13.0. The van der Waals surface area contributed by atoms with E-state index in [0.717, 1.165) is 18.4 Å². The Morgan fingerprint density at radius 3 is 2.63 bits per heavy atom. The third kappa shape index (κ3) is 5.70. The minimum atomic E-state index is -0.380. The number of furan rings is 1. The van der Waals surface area contributed by atoms with Gasteiger partial charge in [-0.1, -0.05) is 12.1 Å². The minimum absolute atomic E-state index is 0.00242. The third-order valence-electron chi connectivity index (χ3n) is 4.25. The Kier molecular flexibility index (Phi) is 5.90. The van der Waals surface area contributed by atoms with Crippen molar-refractivity contribution in [2.24, 2.45) is 5.92 Å². The highest BCUT2D eigenvalue weighted by atomic mass is 16.3. The molecule has 0 aliphatic heterocycles. The van der Waals surface area contributed by atoms with Crippen LogP contribution >= 0.6 is 0 Å². The summed E-state index contributed by atoms with van der Waals surface area (Å²) in [5, 5.41) is 5.30. The molecule has 1 aliphatic rings. The molecule has 1 heterocycles. The molecule has 2 aromatic rings. The van der Waals surface area contributed by atoms with Crippen molar-refractivity contribution in [1.29, 1.82) is 0 Å². The van der Waals surface area contributed by atoms with E-state index in [1.165, 1.54) is 11.2 Å². The van der Waals surface area contributed by atoms with Gasteiger partial charge in [-0.05, 0) is 49.6 Å². The van der Waals surface area contributed by atoms with Gasteiger partial charge in [0.15, 0.2) is 0 Å². The molecule has 0 saturated heterocycles. The van der Waals surface area contributed by atoms with Gasteiger partial charge in [-0.25, -0.2) is 0 Å². The van der Waals surface area contributed by atoms with Crippen LogP contribution in [0.5, 0.6) is 0 Å². The summed E-state index contributed by atoms with van der Waals surface area (Å²) in [4.78, 5) is 38.1. The van der Waals surface area contributed by atoms with Crippen LogP contribution in [0, 0.1) is 12.8 Å². The van der Waals surface area contributed by atoms with E-state index in [1.807, 2.05) is 25.1 Å². The molecule has 1 aliphatic carbocycles. The van der Waals surface area contributed by atoms with Crippen LogP contribution in [0.3, 0.4) is 0 Å². The van der Waals surface area contributed by atoms with E-state index in [2.05, 4.69) is 10.6 Å². The Morgan fingerprint density at radius 2 is 1.96 bits per heavy atom. The first-order valence-corrected chi connectivity index (χ1v) is 8.95. The van der Waals surface area contributed by atoms with Gasteiger partial charge in [-0.15, -0.1) is 0 Å². The van der Waals surface area contributed by atoms with Crippen molar-refractivity contribution in [3.63, 3.8) is 0 Å². The van der Waals surface area contributed by atoms with Crippen LogP contribution in [0.25, 0.3) is 0 Å². The molecule has 7 heteroatoms. The van der Waals surface area contributed by atoms with E-state index in [0.29, 0.717) is 11.4 Å². The van der Waals surface area contributed by atoms with Gasteiger partial charge in [0.25, 0.3) is 0 Å². The summed E-state index contributed by atoms with van der Waals surface area (Å²) in [6.45, 7) is 1.92. The molecule has 27 heavy (non-hydrogen) atoms. The zero-order valence-corrected chi connectivity index (χ0v) is 15.2. The fraction of sp³-hybridized carbons (Fsp3) is 0.350. The lowest BCUT2D eigenvalue weighted by Gasteiger charge is -2.21. The maximum atomic E-state index is 12.4. The predicted octanol–water partition coefficient (Wildman–Crippen LogP) is 2.08. The van der Waals surface area contributed by atoms with Crippen LogP contribution in [0.1, 0.15) is 24.2 Å². The number of nitrogens with one attached hydrogen (secondary N) is 2. The van der Waals surface area contributed by atoms with Crippen LogP contribution in [0.4, 0.5) is 5.69 Å². The van der Waals surface area contributed by atoms with E-state index in [-0.39, 0.29) is 43.3 Å². The summed E-state index contributed by atoms with van der Waals surface area (Å²) in [5.41, 5.74) is 1.71. The molecule has 3 amide bonds. The number of aryl methyl sites for hydroxylation is 1. The molecular formula is C20H23N3O4. The highest BCUT2D eigenvalue weighted by molar-refractivity contribution is 5.95. The van der Waals surface area contributed by atoms with Gasteiger partial charge in [-0.3, -0.25) is 14.4 Å². The molecule has 0 spiro atoms. The van der Waals surface area contributed by atoms with Gasteiger partial charge in [-0.2, -0.15) is 0 Å². The normalized spacial score (nSPS) is 13.1. The average Bonchev–Trinajstić information content (AvgIpc) is 3.36. The largest absolute Gasteiger partial charge is 0.467 e. The van der Waals surface area contributed by atoms with E-state index in [4.69, 9.17) is 4.42 Å². The van der Waals surface area contributed by atoms with Crippen molar-refractivity contribution in [3.8, 4) is 0 Å². The summed E-state index contributed by atoms with van der Waals surface area (Å²) in [5.74, 6) is -0.132. The van der Waals surface area contributed by atoms with Crippen molar-refractivity contribution < 1.29 is 18.8 Å². The molecule has 0 atom stereocenters. The van der Waals surface area contributed by atoms with E-state index >= 15 is 0 Å². The molecule has 0 bridgehead atoms. The van der Waals surface area contributed by atoms with E-state index < -0.39 is 0 Å². The lowest BCUT2D eigenvalue weighted by molar-refractivity contribution is -0.138. The van der Waals surface area contributed by atoms with E-state index in [1.54, 1.807) is 18.2 Å². The number of anilines is 1. The fourth-order valence-corrected chi connectivity index (χ4v) is 2.73. The van der Waals surface area contributed by atoms with Gasteiger partial charge in [0.2, 0.25) is 17.7 Å². The zero-order chi connectivity index (χ0) is 19.2. The quantitative estimate of drug-likeness (QED) is 0.745. The van der Waals surface area contributed by atoms with Crippen LogP contribution in [-0.4, -0.2) is 35.7 Å². The standard InChI is InChI=1S/C20H23N3O4/c1-14-4-2-5-16(10-14)22-18(24)11-21-19(25)13-23(20(26)15-7-8-15)12-17-6-3-9-27-17/h2-6,9-10,15H,7-8,11-13H2,1H3,(H,21,25)(H,22,24). The molecule has 142 valence electrons. The number of hydrogen-bond donors (Lipinski definition) is 2. The maximum Gasteiger partial charge on any atom is 0.243 e. The summed E-state index contributed by atoms with van der Waals surface area (Å²) < 4.78 is 5.28. The highest BCUT2D eigenvalue weighted by Crippen LogP contribution is 2.31.